The summed E-state index contributed by atoms with van der Waals surface area (Å²) in [6.45, 7) is 7.38. The predicted molar refractivity (Wildman–Crippen MR) is 68.5 cm³/mol. The van der Waals surface area contributed by atoms with Crippen LogP contribution >= 0.6 is 0 Å². The topological polar surface area (TPSA) is 72.9 Å². The van der Waals surface area contributed by atoms with E-state index in [0.29, 0.717) is 6.54 Å². The van der Waals surface area contributed by atoms with E-state index >= 15 is 0 Å². The second kappa shape index (κ2) is 5.56. The number of urea groups is 1. The minimum absolute atomic E-state index is 0.0853. The van der Waals surface area contributed by atoms with Crippen LogP contribution in [0.5, 0.6) is 0 Å². The second-order valence-electron chi connectivity index (χ2n) is 5.52. The van der Waals surface area contributed by atoms with Crippen LogP contribution in [-0.2, 0) is 4.79 Å². The first-order chi connectivity index (χ1) is 8.24. The van der Waals surface area contributed by atoms with Gasteiger partial charge >= 0.3 is 12.0 Å². The van der Waals surface area contributed by atoms with Crippen LogP contribution in [-0.4, -0.2) is 65.2 Å². The van der Waals surface area contributed by atoms with Crippen LogP contribution in [0.4, 0.5) is 4.79 Å². The molecule has 0 aliphatic carbocycles. The van der Waals surface area contributed by atoms with E-state index in [1.165, 1.54) is 13.8 Å². The standard InChI is InChI=1S/C12H23N3O3/c1-9-8-14(4)6-5-7-15(9)11(18)13-12(2,3)10(16)17/h9H,5-8H2,1-4H3,(H,13,18)(H,16,17). The molecule has 1 aliphatic heterocycles. The average molecular weight is 257 g/mol. The summed E-state index contributed by atoms with van der Waals surface area (Å²) in [5.41, 5.74) is -1.24. The second-order valence-corrected chi connectivity index (χ2v) is 5.52. The zero-order chi connectivity index (χ0) is 13.9. The molecule has 1 atom stereocenters. The molecule has 6 nitrogen and oxygen atoms in total. The van der Waals surface area contributed by atoms with Crippen LogP contribution in [0.1, 0.15) is 27.2 Å². The van der Waals surface area contributed by atoms with E-state index in [0.717, 1.165) is 19.5 Å². The van der Waals surface area contributed by atoms with Crippen molar-refractivity contribution >= 4 is 12.0 Å². The maximum absolute atomic E-state index is 12.1. The summed E-state index contributed by atoms with van der Waals surface area (Å²) < 4.78 is 0. The molecule has 0 bridgehead atoms. The van der Waals surface area contributed by atoms with Gasteiger partial charge in [-0.15, -0.1) is 0 Å². The highest BCUT2D eigenvalue weighted by Crippen LogP contribution is 2.11. The van der Waals surface area contributed by atoms with E-state index in [1.54, 1.807) is 4.90 Å². The van der Waals surface area contributed by atoms with E-state index in [9.17, 15) is 9.59 Å². The number of carbonyl (C=O) groups is 2. The summed E-state index contributed by atoms with van der Waals surface area (Å²) >= 11 is 0. The number of amides is 2. The van der Waals surface area contributed by atoms with Gasteiger partial charge in [0, 0.05) is 19.1 Å². The molecule has 1 aliphatic rings. The Labute approximate surface area is 108 Å². The van der Waals surface area contributed by atoms with Crippen molar-refractivity contribution in [1.29, 1.82) is 0 Å². The van der Waals surface area contributed by atoms with Crippen LogP contribution in [0, 0.1) is 0 Å². The molecule has 1 heterocycles. The zero-order valence-electron chi connectivity index (χ0n) is 11.6. The Hall–Kier alpha value is -1.30. The maximum atomic E-state index is 12.1. The van der Waals surface area contributed by atoms with Crippen LogP contribution in [0.15, 0.2) is 0 Å². The fourth-order valence-electron chi connectivity index (χ4n) is 2.07. The molecule has 0 saturated carbocycles. The van der Waals surface area contributed by atoms with E-state index in [2.05, 4.69) is 10.2 Å². The van der Waals surface area contributed by atoms with Crippen LogP contribution in [0.3, 0.4) is 0 Å². The first-order valence-corrected chi connectivity index (χ1v) is 6.25. The largest absolute Gasteiger partial charge is 0.480 e. The van der Waals surface area contributed by atoms with Crippen molar-refractivity contribution in [2.75, 3.05) is 26.7 Å². The molecular weight excluding hydrogens is 234 g/mol. The van der Waals surface area contributed by atoms with Crippen molar-refractivity contribution in [3.05, 3.63) is 0 Å². The SMILES string of the molecule is CC1CN(C)CCCN1C(=O)NC(C)(C)C(=O)O. The first kappa shape index (κ1) is 14.8. The third-order valence-corrected chi connectivity index (χ3v) is 3.26. The number of aliphatic carboxylic acids is 1. The average Bonchev–Trinajstić information content (AvgIpc) is 2.38. The number of hydrogen-bond donors (Lipinski definition) is 2. The van der Waals surface area contributed by atoms with Crippen LogP contribution in [0.25, 0.3) is 0 Å². The van der Waals surface area contributed by atoms with E-state index in [4.69, 9.17) is 5.11 Å². The van der Waals surface area contributed by atoms with Crippen molar-refractivity contribution in [1.82, 2.24) is 15.1 Å². The van der Waals surface area contributed by atoms with Crippen molar-refractivity contribution in [3.8, 4) is 0 Å². The number of likely N-dealkylation sites (N-methyl/N-ethyl adjacent to an activating group) is 1. The van der Waals surface area contributed by atoms with Gasteiger partial charge in [0.2, 0.25) is 0 Å². The summed E-state index contributed by atoms with van der Waals surface area (Å²) in [7, 11) is 2.03. The van der Waals surface area contributed by atoms with Gasteiger partial charge < -0.3 is 20.2 Å². The van der Waals surface area contributed by atoms with E-state index < -0.39 is 11.5 Å². The fraction of sp³-hybridized carbons (Fsp3) is 0.833. The number of carbonyl (C=O) groups excluding carboxylic acids is 1. The first-order valence-electron chi connectivity index (χ1n) is 6.25. The number of carboxylic acid groups (broad SMARTS) is 1. The summed E-state index contributed by atoms with van der Waals surface area (Å²) in [5.74, 6) is -1.03. The van der Waals surface area contributed by atoms with Gasteiger partial charge in [0.15, 0.2) is 0 Å². The quantitative estimate of drug-likeness (QED) is 0.759. The van der Waals surface area contributed by atoms with Gasteiger partial charge in [-0.3, -0.25) is 0 Å². The van der Waals surface area contributed by atoms with Gasteiger partial charge in [0.25, 0.3) is 0 Å². The van der Waals surface area contributed by atoms with Gasteiger partial charge in [-0.25, -0.2) is 9.59 Å². The van der Waals surface area contributed by atoms with Crippen molar-refractivity contribution in [2.24, 2.45) is 0 Å². The Bertz CT molecular complexity index is 331. The lowest BCUT2D eigenvalue weighted by Gasteiger charge is -2.31. The lowest BCUT2D eigenvalue weighted by molar-refractivity contribution is -0.143. The van der Waals surface area contributed by atoms with Crippen LogP contribution in [0.2, 0.25) is 0 Å². The highest BCUT2D eigenvalue weighted by molar-refractivity contribution is 5.85. The normalized spacial score (nSPS) is 22.4. The number of nitrogens with one attached hydrogen (secondary N) is 1. The molecule has 0 radical (unpaired) electrons. The van der Waals surface area contributed by atoms with Gasteiger partial charge in [-0.2, -0.15) is 0 Å². The maximum Gasteiger partial charge on any atom is 0.328 e. The number of rotatable bonds is 2. The fourth-order valence-corrected chi connectivity index (χ4v) is 2.07. The third kappa shape index (κ3) is 3.60. The molecule has 18 heavy (non-hydrogen) atoms. The lowest BCUT2D eigenvalue weighted by atomic mass is 10.1. The Morgan fingerprint density at radius 2 is 1.94 bits per heavy atom. The zero-order valence-corrected chi connectivity index (χ0v) is 11.6. The van der Waals surface area contributed by atoms with Gasteiger partial charge in [0.1, 0.15) is 5.54 Å². The molecule has 0 aromatic rings. The van der Waals surface area contributed by atoms with Gasteiger partial charge in [-0.1, -0.05) is 0 Å². The molecule has 104 valence electrons. The molecule has 1 saturated heterocycles. The Kier molecular flexibility index (Phi) is 4.56. The molecule has 2 amide bonds. The summed E-state index contributed by atoms with van der Waals surface area (Å²) in [5, 5.41) is 11.6. The summed E-state index contributed by atoms with van der Waals surface area (Å²) in [6, 6.07) is -0.215. The van der Waals surface area contributed by atoms with Crippen LogP contribution < -0.4 is 5.32 Å². The molecule has 6 heteroatoms. The molecule has 2 N–H and O–H groups in total. The molecule has 0 aromatic carbocycles. The predicted octanol–water partition coefficient (Wildman–Crippen LogP) is 0.585. The monoisotopic (exact) mass is 257 g/mol. The Balaban J connectivity index is 2.68. The van der Waals surface area contributed by atoms with Crippen molar-refractivity contribution in [3.63, 3.8) is 0 Å². The van der Waals surface area contributed by atoms with Crippen molar-refractivity contribution in [2.45, 2.75) is 38.8 Å². The Morgan fingerprint density at radius 3 is 2.50 bits per heavy atom. The minimum Gasteiger partial charge on any atom is -0.480 e. The molecule has 1 rings (SSSR count). The van der Waals surface area contributed by atoms with E-state index in [-0.39, 0.29) is 12.1 Å². The lowest BCUT2D eigenvalue weighted by Crippen LogP contribution is -2.56. The molecule has 1 fully saturated rings. The van der Waals surface area contributed by atoms with Crippen molar-refractivity contribution < 1.29 is 14.7 Å². The molecular formula is C12H23N3O3. The smallest absolute Gasteiger partial charge is 0.328 e. The van der Waals surface area contributed by atoms with E-state index in [1.807, 2.05) is 14.0 Å². The molecule has 0 aromatic heterocycles. The van der Waals surface area contributed by atoms with Gasteiger partial charge in [0.05, 0.1) is 0 Å². The molecule has 1 unspecified atom stereocenters. The highest BCUT2D eigenvalue weighted by atomic mass is 16.4. The third-order valence-electron chi connectivity index (χ3n) is 3.26. The minimum atomic E-state index is -1.24. The Morgan fingerprint density at radius 1 is 1.33 bits per heavy atom. The molecule has 0 spiro atoms. The highest BCUT2D eigenvalue weighted by Gasteiger charge is 2.32. The number of nitrogens with zero attached hydrogens (tertiary/aromatic N) is 2. The summed E-state index contributed by atoms with van der Waals surface area (Å²) in [4.78, 5) is 27.0. The summed E-state index contributed by atoms with van der Waals surface area (Å²) in [6.07, 6.45) is 0.905. The number of hydrogen-bond acceptors (Lipinski definition) is 3. The number of carboxylic acids is 1. The van der Waals surface area contributed by atoms with Gasteiger partial charge in [-0.05, 0) is 40.8 Å².